The van der Waals surface area contributed by atoms with Crippen LogP contribution in [0.15, 0.2) is 67.4 Å². The van der Waals surface area contributed by atoms with E-state index in [9.17, 15) is 18.8 Å². The summed E-state index contributed by atoms with van der Waals surface area (Å²) in [7, 11) is 0. The van der Waals surface area contributed by atoms with Crippen molar-refractivity contribution in [3.05, 3.63) is 83.0 Å². The lowest BCUT2D eigenvalue weighted by Gasteiger charge is -2.23. The number of likely N-dealkylation sites (tertiary alicyclic amines) is 1. The predicted octanol–water partition coefficient (Wildman–Crippen LogP) is 5.30. The maximum atomic E-state index is 14.6. The van der Waals surface area contributed by atoms with E-state index in [1.807, 2.05) is 30.3 Å². The summed E-state index contributed by atoms with van der Waals surface area (Å²) in [6.45, 7) is 1.12. The summed E-state index contributed by atoms with van der Waals surface area (Å²) in [6, 6.07) is 11.7. The van der Waals surface area contributed by atoms with Crippen molar-refractivity contribution < 1.29 is 18.8 Å². The van der Waals surface area contributed by atoms with Crippen LogP contribution in [0.2, 0.25) is 5.02 Å². The van der Waals surface area contributed by atoms with Gasteiger partial charge in [0.2, 0.25) is 5.91 Å². The number of halogens is 2. The predicted molar refractivity (Wildman–Crippen MR) is 161 cm³/mol. The number of aromatic nitrogens is 5. The maximum Gasteiger partial charge on any atom is 0.243 e. The fourth-order valence-corrected chi connectivity index (χ4v) is 6.42. The molecule has 1 aliphatic heterocycles. The standard InChI is InChI=1S/C30H25ClFN7O3S/c1-17(40)23-14-38(25-7-6-19(9-22(23)25)35-20-11-33-16-34-12-20)15-29(42)39-13-18(32)8-26(39)27(41)10-28-36-37-30(43-28)21-4-2-3-5-24(21)31/h2-7,9,11-12,14,16,18,26,35H,8,10,13,15H2,1H3/t18-,26?/m1/s1. The molecule has 2 aromatic carbocycles. The van der Waals surface area contributed by atoms with E-state index in [-0.39, 0.29) is 37.5 Å². The third kappa shape index (κ3) is 6.02. The van der Waals surface area contributed by atoms with Gasteiger partial charge in [0.25, 0.3) is 0 Å². The highest BCUT2D eigenvalue weighted by Crippen LogP contribution is 2.32. The van der Waals surface area contributed by atoms with Gasteiger partial charge in [0.15, 0.2) is 11.6 Å². The molecule has 43 heavy (non-hydrogen) atoms. The lowest BCUT2D eigenvalue weighted by molar-refractivity contribution is -0.137. The SMILES string of the molecule is CC(=O)c1cn(CC(=O)N2C[C@H](F)CC2C(=O)Cc2nnc(-c3ccccc3Cl)s2)c2ccc(Nc3cncnc3)cc12. The minimum atomic E-state index is -1.32. The molecule has 0 aliphatic carbocycles. The van der Waals surface area contributed by atoms with Crippen molar-refractivity contribution in [2.45, 2.75) is 38.5 Å². The number of nitrogens with zero attached hydrogens (tertiary/aromatic N) is 6. The molecule has 10 nitrogen and oxygen atoms in total. The summed E-state index contributed by atoms with van der Waals surface area (Å²) in [6.07, 6.45) is 4.82. The minimum Gasteiger partial charge on any atom is -0.353 e. The molecular weight excluding hydrogens is 593 g/mol. The van der Waals surface area contributed by atoms with E-state index >= 15 is 0 Å². The molecule has 1 aliphatic rings. The minimum absolute atomic E-state index is 0.0769. The monoisotopic (exact) mass is 617 g/mol. The van der Waals surface area contributed by atoms with Crippen LogP contribution in [0, 0.1) is 0 Å². The largest absolute Gasteiger partial charge is 0.353 e. The number of nitrogens with one attached hydrogen (secondary N) is 1. The molecule has 1 amide bonds. The van der Waals surface area contributed by atoms with Crippen molar-refractivity contribution in [2.75, 3.05) is 11.9 Å². The van der Waals surface area contributed by atoms with Gasteiger partial charge >= 0.3 is 0 Å². The summed E-state index contributed by atoms with van der Waals surface area (Å²) in [5, 5.41) is 13.7. The van der Waals surface area contributed by atoms with Gasteiger partial charge in [-0.2, -0.15) is 0 Å². The van der Waals surface area contributed by atoms with Crippen molar-refractivity contribution in [3.63, 3.8) is 0 Å². The van der Waals surface area contributed by atoms with Gasteiger partial charge in [-0.25, -0.2) is 14.4 Å². The van der Waals surface area contributed by atoms with Crippen LogP contribution in [0.3, 0.4) is 0 Å². The summed E-state index contributed by atoms with van der Waals surface area (Å²) in [5.41, 5.74) is 3.21. The lowest BCUT2D eigenvalue weighted by atomic mass is 10.1. The highest BCUT2D eigenvalue weighted by Gasteiger charge is 2.40. The molecule has 3 aromatic heterocycles. The quantitative estimate of drug-likeness (QED) is 0.221. The van der Waals surface area contributed by atoms with E-state index in [1.165, 1.54) is 29.5 Å². The Morgan fingerprint density at radius 1 is 1.09 bits per heavy atom. The topological polar surface area (TPSA) is 123 Å². The number of ketones is 2. The summed E-state index contributed by atoms with van der Waals surface area (Å²) in [4.78, 5) is 48.6. The zero-order chi connectivity index (χ0) is 30.1. The molecule has 0 spiro atoms. The maximum absolute atomic E-state index is 14.6. The number of alkyl halides is 1. The number of anilines is 2. The normalized spacial score (nSPS) is 16.5. The van der Waals surface area contributed by atoms with Crippen LogP contribution in [-0.2, 0) is 22.6 Å². The van der Waals surface area contributed by atoms with Crippen LogP contribution in [0.25, 0.3) is 21.5 Å². The van der Waals surface area contributed by atoms with Gasteiger partial charge in [-0.1, -0.05) is 41.1 Å². The Labute approximate surface area is 254 Å². The fraction of sp³-hybridized carbons (Fsp3) is 0.233. The second-order valence-electron chi connectivity index (χ2n) is 10.2. The second kappa shape index (κ2) is 12.0. The molecule has 6 rings (SSSR count). The van der Waals surface area contributed by atoms with Gasteiger partial charge in [-0.05, 0) is 31.2 Å². The van der Waals surface area contributed by atoms with Crippen LogP contribution in [0.4, 0.5) is 15.8 Å². The number of fused-ring (bicyclic) bond motifs is 1. The van der Waals surface area contributed by atoms with Gasteiger partial charge in [-0.3, -0.25) is 14.4 Å². The van der Waals surface area contributed by atoms with Gasteiger partial charge < -0.3 is 14.8 Å². The zero-order valence-corrected chi connectivity index (χ0v) is 24.5. The van der Waals surface area contributed by atoms with Crippen molar-refractivity contribution in [1.82, 2.24) is 29.6 Å². The van der Waals surface area contributed by atoms with Crippen molar-refractivity contribution in [1.29, 1.82) is 0 Å². The van der Waals surface area contributed by atoms with Gasteiger partial charge in [-0.15, -0.1) is 10.2 Å². The zero-order valence-electron chi connectivity index (χ0n) is 22.9. The number of carbonyl (C=O) groups is 3. The van der Waals surface area contributed by atoms with Crippen LogP contribution in [0.5, 0.6) is 0 Å². The molecule has 5 aromatic rings. The first-order valence-corrected chi connectivity index (χ1v) is 14.7. The Morgan fingerprint density at radius 2 is 1.88 bits per heavy atom. The van der Waals surface area contributed by atoms with E-state index in [0.717, 1.165) is 0 Å². The van der Waals surface area contributed by atoms with E-state index < -0.39 is 18.1 Å². The number of benzene rings is 2. The van der Waals surface area contributed by atoms with E-state index in [2.05, 4.69) is 25.5 Å². The molecule has 1 unspecified atom stereocenters. The molecule has 0 radical (unpaired) electrons. The Kier molecular flexibility index (Phi) is 7.96. The molecule has 218 valence electrons. The number of amides is 1. The second-order valence-corrected chi connectivity index (χ2v) is 11.7. The average molecular weight is 618 g/mol. The summed E-state index contributed by atoms with van der Waals surface area (Å²) in [5.74, 6) is -0.886. The van der Waals surface area contributed by atoms with Crippen LogP contribution in [0.1, 0.15) is 28.7 Å². The van der Waals surface area contributed by atoms with Crippen molar-refractivity contribution in [2.24, 2.45) is 0 Å². The summed E-state index contributed by atoms with van der Waals surface area (Å²) >= 11 is 7.50. The van der Waals surface area contributed by atoms with Gasteiger partial charge in [0.1, 0.15) is 29.1 Å². The first-order valence-electron chi connectivity index (χ1n) is 13.5. The van der Waals surface area contributed by atoms with E-state index in [4.69, 9.17) is 11.6 Å². The molecule has 0 bridgehead atoms. The third-order valence-corrected chi connectivity index (χ3v) is 8.54. The van der Waals surface area contributed by atoms with E-state index in [1.54, 1.807) is 35.3 Å². The van der Waals surface area contributed by atoms with Gasteiger partial charge in [0, 0.05) is 40.3 Å². The third-order valence-electron chi connectivity index (χ3n) is 7.25. The number of hydrogen-bond donors (Lipinski definition) is 1. The van der Waals surface area contributed by atoms with E-state index in [0.29, 0.717) is 48.4 Å². The first-order chi connectivity index (χ1) is 20.8. The molecule has 4 heterocycles. The Bertz CT molecular complexity index is 1840. The summed E-state index contributed by atoms with van der Waals surface area (Å²) < 4.78 is 16.3. The molecule has 1 N–H and O–H groups in total. The van der Waals surface area contributed by atoms with Crippen LogP contribution < -0.4 is 5.32 Å². The Hall–Kier alpha value is -4.55. The molecule has 13 heteroatoms. The molecule has 1 saturated heterocycles. The molecule has 2 atom stereocenters. The van der Waals surface area contributed by atoms with Gasteiger partial charge in [0.05, 0.1) is 42.1 Å². The van der Waals surface area contributed by atoms with Crippen LogP contribution >= 0.6 is 22.9 Å². The van der Waals surface area contributed by atoms with Crippen molar-refractivity contribution >= 4 is 62.7 Å². The number of carbonyl (C=O) groups excluding carboxylic acids is 3. The highest BCUT2D eigenvalue weighted by molar-refractivity contribution is 7.14. The smallest absolute Gasteiger partial charge is 0.243 e. The molecule has 1 fully saturated rings. The Balaban J connectivity index is 1.20. The van der Waals surface area contributed by atoms with Crippen molar-refractivity contribution in [3.8, 4) is 10.6 Å². The number of rotatable bonds is 9. The number of Topliss-reactive ketones (excluding diaryl/α,β-unsaturated/α-hetero) is 2. The fourth-order valence-electron chi connectivity index (χ4n) is 5.25. The highest BCUT2D eigenvalue weighted by atomic mass is 35.5. The molecular formula is C30H25ClFN7O3S. The van der Waals surface area contributed by atoms with Crippen LogP contribution in [-0.4, -0.2) is 65.9 Å². The molecule has 0 saturated carbocycles. The number of hydrogen-bond acceptors (Lipinski definition) is 9. The lowest BCUT2D eigenvalue weighted by Crippen LogP contribution is -2.42. The Morgan fingerprint density at radius 3 is 2.65 bits per heavy atom. The first kappa shape index (κ1) is 28.6. The average Bonchev–Trinajstić information content (AvgIpc) is 3.71.